The smallest absolute Gasteiger partial charge is 0.328 e. The lowest BCUT2D eigenvalue weighted by Crippen LogP contribution is -2.42. The quantitative estimate of drug-likeness (QED) is 0.557. The maximum absolute atomic E-state index is 12.3. The number of amides is 1. The molecular weight excluding hydrogens is 218 g/mol. The van der Waals surface area contributed by atoms with Crippen molar-refractivity contribution in [3.05, 3.63) is 11.6 Å². The highest BCUT2D eigenvalue weighted by Gasteiger charge is 2.36. The average molecular weight is 239 g/mol. The minimum atomic E-state index is -0.402. The van der Waals surface area contributed by atoms with Gasteiger partial charge in [-0.3, -0.25) is 4.79 Å². The van der Waals surface area contributed by atoms with Crippen LogP contribution in [0.5, 0.6) is 0 Å². The molecule has 1 unspecified atom stereocenters. The summed E-state index contributed by atoms with van der Waals surface area (Å²) in [6.45, 7) is 6.46. The lowest BCUT2D eigenvalue weighted by Gasteiger charge is -2.25. The molecule has 4 heteroatoms. The summed E-state index contributed by atoms with van der Waals surface area (Å²) in [5.74, 6) is -0.170. The van der Waals surface area contributed by atoms with Crippen molar-refractivity contribution in [2.24, 2.45) is 5.92 Å². The molecule has 0 N–H and O–H groups in total. The second kappa shape index (κ2) is 5.84. The van der Waals surface area contributed by atoms with Crippen molar-refractivity contribution in [2.75, 3.05) is 13.7 Å². The molecule has 1 fully saturated rings. The maximum atomic E-state index is 12.3. The molecule has 1 amide bonds. The number of allylic oxidation sites excluding steroid dienone is 1. The molecule has 1 atom stereocenters. The van der Waals surface area contributed by atoms with E-state index in [0.717, 1.165) is 12.0 Å². The lowest BCUT2D eigenvalue weighted by atomic mass is 10.0. The summed E-state index contributed by atoms with van der Waals surface area (Å²) in [4.78, 5) is 25.5. The summed E-state index contributed by atoms with van der Waals surface area (Å²) in [7, 11) is 1.36. The number of hydrogen-bond acceptors (Lipinski definition) is 3. The van der Waals surface area contributed by atoms with Crippen LogP contribution < -0.4 is 0 Å². The Morgan fingerprint density at radius 2 is 2.06 bits per heavy atom. The van der Waals surface area contributed by atoms with Crippen LogP contribution in [-0.2, 0) is 14.3 Å². The molecule has 0 aromatic rings. The van der Waals surface area contributed by atoms with Crippen molar-refractivity contribution in [1.29, 1.82) is 0 Å². The zero-order valence-corrected chi connectivity index (χ0v) is 11.0. The van der Waals surface area contributed by atoms with Crippen LogP contribution in [0.1, 0.15) is 33.6 Å². The van der Waals surface area contributed by atoms with Crippen LogP contribution in [0, 0.1) is 5.92 Å². The normalized spacial score (nSPS) is 20.9. The summed E-state index contributed by atoms with van der Waals surface area (Å²) in [6, 6.07) is -0.402. The molecule has 1 rings (SSSR count). The summed E-state index contributed by atoms with van der Waals surface area (Å²) < 4.78 is 4.74. The number of nitrogens with zero attached hydrogens (tertiary/aromatic N) is 1. The van der Waals surface area contributed by atoms with Crippen molar-refractivity contribution >= 4 is 11.9 Å². The molecule has 0 bridgehead atoms. The van der Waals surface area contributed by atoms with E-state index in [2.05, 4.69) is 0 Å². The topological polar surface area (TPSA) is 46.6 Å². The van der Waals surface area contributed by atoms with Crippen molar-refractivity contribution in [3.8, 4) is 0 Å². The van der Waals surface area contributed by atoms with E-state index in [9.17, 15) is 9.59 Å². The van der Waals surface area contributed by atoms with Gasteiger partial charge in [0.05, 0.1) is 7.11 Å². The Kier molecular flexibility index (Phi) is 4.73. The van der Waals surface area contributed by atoms with Gasteiger partial charge in [-0.05, 0) is 25.7 Å². The fourth-order valence-corrected chi connectivity index (χ4v) is 2.26. The van der Waals surface area contributed by atoms with Crippen molar-refractivity contribution < 1.29 is 14.3 Å². The van der Waals surface area contributed by atoms with Crippen LogP contribution in [0.3, 0.4) is 0 Å². The molecule has 4 nitrogen and oxygen atoms in total. The van der Waals surface area contributed by atoms with Gasteiger partial charge in [0.25, 0.3) is 0 Å². The molecule has 96 valence electrons. The van der Waals surface area contributed by atoms with Gasteiger partial charge < -0.3 is 9.64 Å². The van der Waals surface area contributed by atoms with Gasteiger partial charge in [0.2, 0.25) is 5.91 Å². The molecule has 17 heavy (non-hydrogen) atoms. The summed E-state index contributed by atoms with van der Waals surface area (Å²) in [5.41, 5.74) is 0.765. The molecule has 0 radical (unpaired) electrons. The monoisotopic (exact) mass is 239 g/mol. The zero-order valence-electron chi connectivity index (χ0n) is 11.0. The summed E-state index contributed by atoms with van der Waals surface area (Å²) >= 11 is 0. The maximum Gasteiger partial charge on any atom is 0.328 e. The molecular formula is C13H21NO3. The summed E-state index contributed by atoms with van der Waals surface area (Å²) in [6.07, 6.45) is 3.40. The van der Waals surface area contributed by atoms with Gasteiger partial charge in [-0.25, -0.2) is 4.79 Å². The Bertz CT molecular complexity index is 334. The average Bonchev–Trinajstić information content (AvgIpc) is 2.77. The van der Waals surface area contributed by atoms with Gasteiger partial charge >= 0.3 is 5.97 Å². The number of methoxy groups -OCH3 is 1. The molecule has 0 aromatic heterocycles. The van der Waals surface area contributed by atoms with E-state index >= 15 is 0 Å². The van der Waals surface area contributed by atoms with Crippen LogP contribution in [0.2, 0.25) is 0 Å². The third-order valence-corrected chi connectivity index (χ3v) is 3.17. The number of ether oxygens (including phenoxy) is 1. The van der Waals surface area contributed by atoms with E-state index in [1.165, 1.54) is 7.11 Å². The zero-order chi connectivity index (χ0) is 13.0. The molecule has 0 aliphatic carbocycles. The van der Waals surface area contributed by atoms with Crippen molar-refractivity contribution in [2.45, 2.75) is 39.7 Å². The first-order valence-corrected chi connectivity index (χ1v) is 6.07. The number of rotatable bonds is 3. The van der Waals surface area contributed by atoms with E-state index in [0.29, 0.717) is 13.0 Å². The van der Waals surface area contributed by atoms with Gasteiger partial charge in [-0.15, -0.1) is 0 Å². The van der Waals surface area contributed by atoms with Gasteiger partial charge in [0, 0.05) is 12.1 Å². The van der Waals surface area contributed by atoms with Crippen LogP contribution in [0.4, 0.5) is 0 Å². The molecule has 1 heterocycles. The Hall–Kier alpha value is -1.32. The van der Waals surface area contributed by atoms with Crippen molar-refractivity contribution in [1.82, 2.24) is 4.90 Å². The highest BCUT2D eigenvalue weighted by atomic mass is 16.5. The van der Waals surface area contributed by atoms with Crippen LogP contribution in [0.15, 0.2) is 11.6 Å². The van der Waals surface area contributed by atoms with E-state index < -0.39 is 6.04 Å². The van der Waals surface area contributed by atoms with Crippen molar-refractivity contribution in [3.63, 3.8) is 0 Å². The van der Waals surface area contributed by atoms with Gasteiger partial charge in [-0.2, -0.15) is 0 Å². The molecule has 1 saturated heterocycles. The third kappa shape index (κ3) is 2.87. The minimum absolute atomic E-state index is 0.0320. The number of hydrogen-bond donors (Lipinski definition) is 0. The number of likely N-dealkylation sites (tertiary alicyclic amines) is 1. The second-order valence-corrected chi connectivity index (χ2v) is 4.58. The highest BCUT2D eigenvalue weighted by Crippen LogP contribution is 2.23. The third-order valence-electron chi connectivity index (χ3n) is 3.17. The first-order valence-electron chi connectivity index (χ1n) is 6.07. The minimum Gasteiger partial charge on any atom is -0.467 e. The molecule has 1 aliphatic rings. The summed E-state index contributed by atoms with van der Waals surface area (Å²) in [5, 5.41) is 0. The fourth-order valence-electron chi connectivity index (χ4n) is 2.26. The fraction of sp³-hybridized carbons (Fsp3) is 0.692. The van der Waals surface area contributed by atoms with Gasteiger partial charge in [0.1, 0.15) is 6.04 Å². The molecule has 0 saturated carbocycles. The van der Waals surface area contributed by atoms with E-state index in [1.54, 1.807) is 4.90 Å². The lowest BCUT2D eigenvalue weighted by molar-refractivity contribution is -0.149. The Balaban J connectivity index is 2.85. The molecule has 0 spiro atoms. The molecule has 1 aliphatic heterocycles. The Morgan fingerprint density at radius 1 is 1.41 bits per heavy atom. The largest absolute Gasteiger partial charge is 0.467 e. The van der Waals surface area contributed by atoms with Crippen LogP contribution in [-0.4, -0.2) is 36.5 Å². The number of carbonyl (C=O) groups is 2. The van der Waals surface area contributed by atoms with Crippen LogP contribution >= 0.6 is 0 Å². The number of esters is 1. The predicted molar refractivity (Wildman–Crippen MR) is 65.3 cm³/mol. The van der Waals surface area contributed by atoms with Gasteiger partial charge in [0.15, 0.2) is 0 Å². The standard InChI is InChI=1S/C13H21NO3/c1-5-10(9(2)3)12(15)14-8-6-7-11(14)13(16)17-4/h5,9,11H,6-8H2,1-4H3/b10-5+. The first kappa shape index (κ1) is 13.7. The first-order chi connectivity index (χ1) is 8.02. The molecule has 0 aromatic carbocycles. The SMILES string of the molecule is C/C=C(/C(=O)N1CCCC1C(=O)OC)C(C)C. The van der Waals surface area contributed by atoms with E-state index in [1.807, 2.05) is 26.8 Å². The van der Waals surface area contributed by atoms with Crippen LogP contribution in [0.25, 0.3) is 0 Å². The van der Waals surface area contributed by atoms with E-state index in [4.69, 9.17) is 4.74 Å². The predicted octanol–water partition coefficient (Wildman–Crippen LogP) is 1.75. The van der Waals surface area contributed by atoms with E-state index in [-0.39, 0.29) is 17.8 Å². The Labute approximate surface area is 103 Å². The highest BCUT2D eigenvalue weighted by molar-refractivity contribution is 5.96. The Morgan fingerprint density at radius 3 is 2.53 bits per heavy atom. The van der Waals surface area contributed by atoms with Gasteiger partial charge in [-0.1, -0.05) is 19.9 Å². The number of carbonyl (C=O) groups excluding carboxylic acids is 2. The second-order valence-electron chi connectivity index (χ2n) is 4.58.